The second-order valence-corrected chi connectivity index (χ2v) is 10.7. The number of aliphatic hydroxyl groups is 1. The first-order valence-corrected chi connectivity index (χ1v) is 13.5. The molecule has 0 bridgehead atoms. The number of rotatable bonds is 9. The molecule has 4 rings (SSSR count). The predicted octanol–water partition coefficient (Wildman–Crippen LogP) is 3.40. The Morgan fingerprint density at radius 1 is 1.03 bits per heavy atom. The summed E-state index contributed by atoms with van der Waals surface area (Å²) in [7, 11) is 0. The fourth-order valence-corrected chi connectivity index (χ4v) is 5.45. The van der Waals surface area contributed by atoms with Crippen molar-refractivity contribution in [1.29, 1.82) is 0 Å². The van der Waals surface area contributed by atoms with Crippen LogP contribution in [0.1, 0.15) is 67.9 Å². The first-order chi connectivity index (χ1) is 17.8. The van der Waals surface area contributed by atoms with Crippen molar-refractivity contribution in [2.75, 3.05) is 19.6 Å². The van der Waals surface area contributed by atoms with Crippen molar-refractivity contribution in [2.45, 2.75) is 70.7 Å². The number of amides is 2. The van der Waals surface area contributed by atoms with E-state index >= 15 is 0 Å². The van der Waals surface area contributed by atoms with Gasteiger partial charge in [0.1, 0.15) is 11.6 Å². The number of benzene rings is 2. The Morgan fingerprint density at radius 2 is 1.65 bits per heavy atom. The molecule has 7 nitrogen and oxygen atoms in total. The van der Waals surface area contributed by atoms with Crippen molar-refractivity contribution < 1.29 is 19.5 Å². The van der Waals surface area contributed by atoms with Crippen LogP contribution in [0.25, 0.3) is 0 Å². The van der Waals surface area contributed by atoms with E-state index in [2.05, 4.69) is 17.1 Å². The molecule has 198 valence electrons. The second-order valence-electron chi connectivity index (χ2n) is 10.7. The van der Waals surface area contributed by atoms with E-state index in [4.69, 9.17) is 0 Å². The topological polar surface area (TPSA) is 90.0 Å². The lowest BCUT2D eigenvalue weighted by Crippen LogP contribution is -2.74. The van der Waals surface area contributed by atoms with Crippen molar-refractivity contribution in [2.24, 2.45) is 5.92 Å². The van der Waals surface area contributed by atoms with Crippen LogP contribution in [0.15, 0.2) is 54.6 Å². The number of piperazine rings is 1. The number of hydrogen-bond donors (Lipinski definition) is 2. The average Bonchev–Trinajstić information content (AvgIpc) is 2.92. The molecule has 0 saturated carbocycles. The lowest BCUT2D eigenvalue weighted by molar-refractivity contribution is -0.165. The minimum atomic E-state index is -0.908. The fourth-order valence-electron chi connectivity index (χ4n) is 5.45. The van der Waals surface area contributed by atoms with Gasteiger partial charge in [0.05, 0.1) is 6.10 Å². The van der Waals surface area contributed by atoms with Crippen LogP contribution >= 0.6 is 0 Å². The van der Waals surface area contributed by atoms with Crippen molar-refractivity contribution in [3.63, 3.8) is 0 Å². The van der Waals surface area contributed by atoms with Gasteiger partial charge >= 0.3 is 0 Å². The summed E-state index contributed by atoms with van der Waals surface area (Å²) in [6, 6.07) is 16.1. The molecule has 0 aromatic heterocycles. The number of hydrogen-bond acceptors (Lipinski definition) is 5. The van der Waals surface area contributed by atoms with E-state index < -0.39 is 17.7 Å². The highest BCUT2D eigenvalue weighted by Gasteiger charge is 2.54. The molecule has 2 heterocycles. The number of likely N-dealkylation sites (tertiary alicyclic amines) is 1. The average molecular weight is 506 g/mol. The maximum absolute atomic E-state index is 13.5. The van der Waals surface area contributed by atoms with Gasteiger partial charge in [0.15, 0.2) is 5.78 Å². The molecule has 2 aliphatic heterocycles. The van der Waals surface area contributed by atoms with E-state index in [1.165, 1.54) is 0 Å². The van der Waals surface area contributed by atoms with Crippen LogP contribution in [0.3, 0.4) is 0 Å². The normalized spacial score (nSPS) is 20.8. The van der Waals surface area contributed by atoms with E-state index in [1.807, 2.05) is 68.4 Å². The fraction of sp³-hybridized carbons (Fsp3) is 0.500. The van der Waals surface area contributed by atoms with E-state index in [0.717, 1.165) is 24.9 Å². The highest BCUT2D eigenvalue weighted by atomic mass is 16.3. The molecule has 2 aliphatic rings. The van der Waals surface area contributed by atoms with E-state index in [9.17, 15) is 19.5 Å². The predicted molar refractivity (Wildman–Crippen MR) is 143 cm³/mol. The SMILES string of the molecule is CCCCN1C(=O)C(C(O)C(C)C)NC(=O)C12CCN(Cc1ccc(C(=O)c3ccccc3)cc1)CC2. The first-order valence-electron chi connectivity index (χ1n) is 13.5. The lowest BCUT2D eigenvalue weighted by atomic mass is 9.80. The van der Waals surface area contributed by atoms with Crippen LogP contribution < -0.4 is 5.32 Å². The largest absolute Gasteiger partial charge is 0.390 e. The third-order valence-electron chi connectivity index (χ3n) is 7.86. The van der Waals surface area contributed by atoms with E-state index in [1.54, 1.807) is 4.90 Å². The lowest BCUT2D eigenvalue weighted by Gasteiger charge is -2.52. The summed E-state index contributed by atoms with van der Waals surface area (Å²) < 4.78 is 0. The molecule has 2 saturated heterocycles. The third-order valence-corrected chi connectivity index (χ3v) is 7.86. The van der Waals surface area contributed by atoms with Crippen LogP contribution in [0.5, 0.6) is 0 Å². The zero-order valence-corrected chi connectivity index (χ0v) is 22.2. The summed E-state index contributed by atoms with van der Waals surface area (Å²) in [5, 5.41) is 13.5. The molecule has 2 N–H and O–H groups in total. The van der Waals surface area contributed by atoms with Crippen LogP contribution in [-0.4, -0.2) is 69.8 Å². The van der Waals surface area contributed by atoms with Crippen LogP contribution in [0.4, 0.5) is 0 Å². The Kier molecular flexibility index (Phi) is 8.45. The molecule has 37 heavy (non-hydrogen) atoms. The maximum Gasteiger partial charge on any atom is 0.248 e. The minimum Gasteiger partial charge on any atom is -0.390 e. The van der Waals surface area contributed by atoms with Gasteiger partial charge in [-0.25, -0.2) is 0 Å². The standard InChI is InChI=1S/C30H39N3O4/c1-4-5-17-33-28(36)25(26(34)21(2)3)31-29(37)30(33)15-18-32(19-16-30)20-22-11-13-24(14-12-22)27(35)23-9-7-6-8-10-23/h6-14,21,25-26,34H,4-5,15-20H2,1-3H3,(H,31,37). The Hall–Kier alpha value is -3.03. The summed E-state index contributed by atoms with van der Waals surface area (Å²) in [4.78, 5) is 43.7. The number of nitrogens with one attached hydrogen (secondary N) is 1. The van der Waals surface area contributed by atoms with Gasteiger partial charge in [0, 0.05) is 37.3 Å². The van der Waals surface area contributed by atoms with Crippen LogP contribution in [0, 0.1) is 5.92 Å². The monoisotopic (exact) mass is 505 g/mol. The van der Waals surface area contributed by atoms with Gasteiger partial charge in [-0.15, -0.1) is 0 Å². The Balaban J connectivity index is 1.42. The van der Waals surface area contributed by atoms with Crippen LogP contribution in [0.2, 0.25) is 0 Å². The first kappa shape index (κ1) is 27.0. The number of piperidine rings is 1. The number of unbranched alkanes of at least 4 members (excludes halogenated alkanes) is 1. The zero-order valence-electron chi connectivity index (χ0n) is 22.2. The smallest absolute Gasteiger partial charge is 0.248 e. The molecule has 2 aromatic rings. The van der Waals surface area contributed by atoms with Gasteiger partial charge < -0.3 is 15.3 Å². The van der Waals surface area contributed by atoms with E-state index in [0.29, 0.717) is 43.6 Å². The third kappa shape index (κ3) is 5.63. The Bertz CT molecular complexity index is 1090. The van der Waals surface area contributed by atoms with E-state index in [-0.39, 0.29) is 23.5 Å². The van der Waals surface area contributed by atoms with Gasteiger partial charge in [-0.05, 0) is 30.7 Å². The molecular weight excluding hydrogens is 466 g/mol. The molecule has 0 aliphatic carbocycles. The van der Waals surface area contributed by atoms with Gasteiger partial charge in [0.2, 0.25) is 11.8 Å². The molecule has 2 fully saturated rings. The molecular formula is C30H39N3O4. The van der Waals surface area contributed by atoms with Gasteiger partial charge in [-0.2, -0.15) is 0 Å². The molecule has 2 unspecified atom stereocenters. The summed E-state index contributed by atoms with van der Waals surface area (Å²) in [6.45, 7) is 8.40. The molecule has 7 heteroatoms. The van der Waals surface area contributed by atoms with Crippen molar-refractivity contribution in [3.05, 3.63) is 71.3 Å². The maximum atomic E-state index is 13.5. The Labute approximate surface area is 219 Å². The number of aliphatic hydroxyl groups excluding tert-OH is 1. The molecule has 1 spiro atoms. The second kappa shape index (κ2) is 11.6. The van der Waals surface area contributed by atoms with Gasteiger partial charge in [0.25, 0.3) is 0 Å². The minimum absolute atomic E-state index is 0.00750. The molecule has 2 atom stereocenters. The van der Waals surface area contributed by atoms with Crippen LogP contribution in [-0.2, 0) is 16.1 Å². The molecule has 2 aromatic carbocycles. The quantitative estimate of drug-likeness (QED) is 0.510. The number of ketones is 1. The van der Waals surface area contributed by atoms with Gasteiger partial charge in [-0.1, -0.05) is 81.8 Å². The highest BCUT2D eigenvalue weighted by Crippen LogP contribution is 2.34. The van der Waals surface area contributed by atoms with Crippen molar-refractivity contribution >= 4 is 17.6 Å². The number of carbonyl (C=O) groups excluding carboxylic acids is 3. The summed E-state index contributed by atoms with van der Waals surface area (Å²) >= 11 is 0. The molecule has 0 radical (unpaired) electrons. The number of carbonyl (C=O) groups is 3. The number of nitrogens with zero attached hydrogens (tertiary/aromatic N) is 2. The molecule has 2 amide bonds. The summed E-state index contributed by atoms with van der Waals surface area (Å²) in [5.41, 5.74) is 1.58. The van der Waals surface area contributed by atoms with Crippen molar-refractivity contribution in [3.8, 4) is 0 Å². The Morgan fingerprint density at radius 3 is 2.24 bits per heavy atom. The highest BCUT2D eigenvalue weighted by molar-refractivity contribution is 6.08. The summed E-state index contributed by atoms with van der Waals surface area (Å²) in [6.07, 6.45) is 1.96. The van der Waals surface area contributed by atoms with Gasteiger partial charge in [-0.3, -0.25) is 19.3 Å². The summed E-state index contributed by atoms with van der Waals surface area (Å²) in [5.74, 6) is -0.432. The zero-order chi connectivity index (χ0) is 26.6. The van der Waals surface area contributed by atoms with Crippen molar-refractivity contribution in [1.82, 2.24) is 15.1 Å².